The Bertz CT molecular complexity index is 700. The van der Waals surface area contributed by atoms with Gasteiger partial charge < -0.3 is 20.5 Å². The fourth-order valence-electron chi connectivity index (χ4n) is 2.78. The lowest BCUT2D eigenvalue weighted by atomic mass is 10.1. The zero-order valence-corrected chi connectivity index (χ0v) is 18.4. The van der Waals surface area contributed by atoms with E-state index < -0.39 is 0 Å². The third-order valence-corrected chi connectivity index (χ3v) is 4.74. The van der Waals surface area contributed by atoms with Gasteiger partial charge in [-0.05, 0) is 50.6 Å². The number of halogens is 2. The standard InChI is InChI=1S/C19H30FN5.HI/c1-5-14(2)25(4)11-10-23-19(21-3)22-9-8-15-13-24-18-12-16(20)6-7-17(15)18;/h6-7,12-14,24H,5,8-11H2,1-4H3,(H2,21,22,23);1H. The Kier molecular flexibility index (Phi) is 9.93. The van der Waals surface area contributed by atoms with E-state index in [1.165, 1.54) is 17.7 Å². The van der Waals surface area contributed by atoms with Gasteiger partial charge in [-0.25, -0.2) is 4.39 Å². The second-order valence-electron chi connectivity index (χ2n) is 6.42. The van der Waals surface area contributed by atoms with Crippen molar-refractivity contribution in [3.05, 3.63) is 35.8 Å². The zero-order valence-electron chi connectivity index (χ0n) is 16.1. The molecule has 0 amide bonds. The number of hydrogen-bond donors (Lipinski definition) is 3. The van der Waals surface area contributed by atoms with Gasteiger partial charge in [0.05, 0.1) is 0 Å². The van der Waals surface area contributed by atoms with E-state index in [4.69, 9.17) is 0 Å². The van der Waals surface area contributed by atoms with Crippen LogP contribution < -0.4 is 10.6 Å². The number of H-pyrrole nitrogens is 1. The minimum absolute atomic E-state index is 0. The topological polar surface area (TPSA) is 55.4 Å². The molecule has 1 aromatic heterocycles. The average Bonchev–Trinajstić information content (AvgIpc) is 3.01. The van der Waals surface area contributed by atoms with Crippen molar-refractivity contribution in [2.24, 2.45) is 4.99 Å². The number of fused-ring (bicyclic) bond motifs is 1. The molecule has 26 heavy (non-hydrogen) atoms. The Morgan fingerprint density at radius 3 is 2.73 bits per heavy atom. The lowest BCUT2D eigenvalue weighted by Crippen LogP contribution is -2.42. The summed E-state index contributed by atoms with van der Waals surface area (Å²) in [6, 6.07) is 5.44. The number of likely N-dealkylation sites (N-methyl/N-ethyl adjacent to an activating group) is 1. The first-order valence-electron chi connectivity index (χ1n) is 8.95. The van der Waals surface area contributed by atoms with Gasteiger partial charge in [-0.1, -0.05) is 6.92 Å². The molecule has 0 aliphatic carbocycles. The summed E-state index contributed by atoms with van der Waals surface area (Å²) in [4.78, 5) is 9.72. The number of aromatic amines is 1. The van der Waals surface area contributed by atoms with Crippen LogP contribution in [0.5, 0.6) is 0 Å². The molecule has 0 fully saturated rings. The molecule has 5 nitrogen and oxygen atoms in total. The molecule has 1 aromatic carbocycles. The molecule has 1 unspecified atom stereocenters. The van der Waals surface area contributed by atoms with Crippen LogP contribution >= 0.6 is 24.0 Å². The van der Waals surface area contributed by atoms with Crippen molar-refractivity contribution in [1.29, 1.82) is 0 Å². The van der Waals surface area contributed by atoms with E-state index in [1.54, 1.807) is 7.05 Å². The molecule has 0 bridgehead atoms. The van der Waals surface area contributed by atoms with Crippen molar-refractivity contribution in [2.75, 3.05) is 33.7 Å². The normalized spacial score (nSPS) is 12.9. The summed E-state index contributed by atoms with van der Waals surface area (Å²) in [6.45, 7) is 7.04. The lowest BCUT2D eigenvalue weighted by molar-refractivity contribution is 0.255. The molecule has 0 radical (unpaired) electrons. The first kappa shape index (κ1) is 22.7. The van der Waals surface area contributed by atoms with Crippen LogP contribution in [0.2, 0.25) is 0 Å². The van der Waals surface area contributed by atoms with Gasteiger partial charge >= 0.3 is 0 Å². The van der Waals surface area contributed by atoms with Gasteiger partial charge in [0, 0.05) is 49.8 Å². The van der Waals surface area contributed by atoms with Crippen LogP contribution in [0.15, 0.2) is 29.4 Å². The van der Waals surface area contributed by atoms with Crippen LogP contribution in [0.25, 0.3) is 10.9 Å². The molecule has 0 spiro atoms. The highest BCUT2D eigenvalue weighted by Crippen LogP contribution is 2.19. The number of aliphatic imine (C=N–C) groups is 1. The van der Waals surface area contributed by atoms with Crippen molar-refractivity contribution >= 4 is 40.8 Å². The number of guanidine groups is 1. The molecule has 2 aromatic rings. The van der Waals surface area contributed by atoms with Crippen molar-refractivity contribution in [1.82, 2.24) is 20.5 Å². The molecule has 1 heterocycles. The highest BCUT2D eigenvalue weighted by molar-refractivity contribution is 14.0. The Morgan fingerprint density at radius 1 is 1.31 bits per heavy atom. The first-order valence-corrected chi connectivity index (χ1v) is 8.95. The quantitative estimate of drug-likeness (QED) is 0.312. The molecule has 2 rings (SSSR count). The fourth-order valence-corrected chi connectivity index (χ4v) is 2.78. The summed E-state index contributed by atoms with van der Waals surface area (Å²) in [7, 11) is 3.92. The van der Waals surface area contributed by atoms with E-state index >= 15 is 0 Å². The largest absolute Gasteiger partial charge is 0.361 e. The van der Waals surface area contributed by atoms with Gasteiger partial charge in [-0.3, -0.25) is 4.99 Å². The van der Waals surface area contributed by atoms with Crippen LogP contribution in [0.1, 0.15) is 25.8 Å². The number of nitrogens with zero attached hydrogens (tertiary/aromatic N) is 2. The van der Waals surface area contributed by atoms with Crippen LogP contribution in [0.4, 0.5) is 4.39 Å². The van der Waals surface area contributed by atoms with E-state index in [0.717, 1.165) is 49.3 Å². The van der Waals surface area contributed by atoms with E-state index in [9.17, 15) is 4.39 Å². The Morgan fingerprint density at radius 2 is 2.04 bits per heavy atom. The number of aromatic nitrogens is 1. The lowest BCUT2D eigenvalue weighted by Gasteiger charge is -2.23. The Balaban J connectivity index is 0.00000338. The van der Waals surface area contributed by atoms with Crippen LogP contribution in [-0.2, 0) is 6.42 Å². The highest BCUT2D eigenvalue weighted by Gasteiger charge is 2.07. The second-order valence-corrected chi connectivity index (χ2v) is 6.42. The average molecular weight is 475 g/mol. The molecule has 3 N–H and O–H groups in total. The summed E-state index contributed by atoms with van der Waals surface area (Å²) in [6.07, 6.45) is 3.94. The maximum Gasteiger partial charge on any atom is 0.191 e. The maximum atomic E-state index is 13.2. The number of hydrogen-bond acceptors (Lipinski definition) is 2. The van der Waals surface area contributed by atoms with Gasteiger partial charge in [0.15, 0.2) is 5.96 Å². The summed E-state index contributed by atoms with van der Waals surface area (Å²) in [5.41, 5.74) is 2.01. The predicted octanol–water partition coefficient (Wildman–Crippen LogP) is 3.36. The van der Waals surface area contributed by atoms with Crippen LogP contribution in [0.3, 0.4) is 0 Å². The molecule has 0 saturated heterocycles. The Hall–Kier alpha value is -1.35. The molecular weight excluding hydrogens is 444 g/mol. The summed E-state index contributed by atoms with van der Waals surface area (Å²) in [5.74, 6) is 0.592. The third-order valence-electron chi connectivity index (χ3n) is 4.74. The van der Waals surface area contributed by atoms with Crippen molar-refractivity contribution in [2.45, 2.75) is 32.7 Å². The Labute approximate surface area is 172 Å². The molecule has 7 heteroatoms. The third kappa shape index (κ3) is 6.42. The van der Waals surface area contributed by atoms with Gasteiger partial charge in [0.1, 0.15) is 5.82 Å². The smallest absolute Gasteiger partial charge is 0.191 e. The molecule has 146 valence electrons. The van der Waals surface area contributed by atoms with E-state index in [-0.39, 0.29) is 29.8 Å². The number of nitrogens with one attached hydrogen (secondary N) is 3. The monoisotopic (exact) mass is 475 g/mol. The molecule has 0 saturated carbocycles. The zero-order chi connectivity index (χ0) is 18.2. The van der Waals surface area contributed by atoms with Crippen molar-refractivity contribution < 1.29 is 4.39 Å². The summed E-state index contributed by atoms with van der Waals surface area (Å²) < 4.78 is 13.2. The molecule has 1 atom stereocenters. The van der Waals surface area contributed by atoms with Gasteiger partial charge in [-0.2, -0.15) is 0 Å². The number of rotatable bonds is 8. The van der Waals surface area contributed by atoms with Crippen LogP contribution in [0, 0.1) is 5.82 Å². The molecular formula is C19H31FIN5. The van der Waals surface area contributed by atoms with Crippen LogP contribution in [-0.4, -0.2) is 55.6 Å². The second kappa shape index (κ2) is 11.4. The minimum atomic E-state index is -0.217. The van der Waals surface area contributed by atoms with Crippen molar-refractivity contribution in [3.63, 3.8) is 0 Å². The van der Waals surface area contributed by atoms with E-state index in [0.29, 0.717) is 6.04 Å². The first-order chi connectivity index (χ1) is 12.0. The fraction of sp³-hybridized carbons (Fsp3) is 0.526. The van der Waals surface area contributed by atoms with Gasteiger partial charge in [0.25, 0.3) is 0 Å². The highest BCUT2D eigenvalue weighted by atomic mass is 127. The van der Waals surface area contributed by atoms with Gasteiger partial charge in [0.2, 0.25) is 0 Å². The van der Waals surface area contributed by atoms with E-state index in [1.807, 2.05) is 12.3 Å². The number of benzene rings is 1. The summed E-state index contributed by atoms with van der Waals surface area (Å²) >= 11 is 0. The van der Waals surface area contributed by atoms with Gasteiger partial charge in [-0.15, -0.1) is 24.0 Å². The molecule has 0 aliphatic rings. The molecule has 0 aliphatic heterocycles. The predicted molar refractivity (Wildman–Crippen MR) is 119 cm³/mol. The minimum Gasteiger partial charge on any atom is -0.361 e. The van der Waals surface area contributed by atoms with Crippen molar-refractivity contribution in [3.8, 4) is 0 Å². The van der Waals surface area contributed by atoms with E-state index in [2.05, 4.69) is 46.4 Å². The summed E-state index contributed by atoms with van der Waals surface area (Å²) in [5, 5.41) is 7.75. The maximum absolute atomic E-state index is 13.2. The SMILES string of the molecule is CCC(C)N(C)CCNC(=NC)NCCc1c[nH]c2cc(F)ccc12.I.